The fourth-order valence-corrected chi connectivity index (χ4v) is 3.39. The number of hydrogen-bond acceptors (Lipinski definition) is 4. The minimum Gasteiger partial charge on any atom is -0.426 e. The van der Waals surface area contributed by atoms with Crippen molar-refractivity contribution in [2.45, 2.75) is 6.42 Å². The third kappa shape index (κ3) is 3.29. The minimum atomic E-state index is -0.331. The number of fused-ring (bicyclic) bond motifs is 1. The van der Waals surface area contributed by atoms with Gasteiger partial charge in [0.15, 0.2) is 4.96 Å². The third-order valence-electron chi connectivity index (χ3n) is 3.72. The van der Waals surface area contributed by atoms with Crippen LogP contribution in [0.5, 0.6) is 5.75 Å². The molecule has 0 fully saturated rings. The molecule has 0 aliphatic carbocycles. The summed E-state index contributed by atoms with van der Waals surface area (Å²) in [6.45, 7) is 0. The molecule has 0 atom stereocenters. The standard InChI is InChI=1S/C19H13FN2O2S/c20-14-8-6-13(7-9-14)17-11-22-15(12-25-19(22)21-17)10-18(23)24-16-4-2-1-3-5-16/h1-9,11-12H,10H2. The van der Waals surface area contributed by atoms with Crippen LogP contribution in [-0.4, -0.2) is 15.4 Å². The summed E-state index contributed by atoms with van der Waals surface area (Å²) in [5.41, 5.74) is 2.38. The van der Waals surface area contributed by atoms with E-state index in [9.17, 15) is 9.18 Å². The number of nitrogens with zero attached hydrogens (tertiary/aromatic N) is 2. The zero-order chi connectivity index (χ0) is 17.2. The molecule has 0 saturated heterocycles. The molecule has 6 heteroatoms. The van der Waals surface area contributed by atoms with Crippen molar-refractivity contribution in [3.05, 3.63) is 77.7 Å². The maximum absolute atomic E-state index is 13.1. The lowest BCUT2D eigenvalue weighted by Gasteiger charge is -2.03. The Morgan fingerprint density at radius 3 is 2.64 bits per heavy atom. The topological polar surface area (TPSA) is 43.6 Å². The molecule has 0 aliphatic heterocycles. The molecule has 0 radical (unpaired) electrons. The van der Waals surface area contributed by atoms with E-state index in [0.717, 1.165) is 21.9 Å². The van der Waals surface area contributed by atoms with Crippen LogP contribution in [0.2, 0.25) is 0 Å². The summed E-state index contributed by atoms with van der Waals surface area (Å²) in [6, 6.07) is 15.2. The van der Waals surface area contributed by atoms with E-state index >= 15 is 0 Å². The van der Waals surface area contributed by atoms with E-state index in [-0.39, 0.29) is 18.2 Å². The Morgan fingerprint density at radius 2 is 1.88 bits per heavy atom. The van der Waals surface area contributed by atoms with Crippen molar-refractivity contribution < 1.29 is 13.9 Å². The highest BCUT2D eigenvalue weighted by molar-refractivity contribution is 7.15. The fourth-order valence-electron chi connectivity index (χ4n) is 2.52. The molecule has 124 valence electrons. The van der Waals surface area contributed by atoms with E-state index < -0.39 is 0 Å². The third-order valence-corrected chi connectivity index (χ3v) is 4.61. The normalized spacial score (nSPS) is 10.9. The van der Waals surface area contributed by atoms with Gasteiger partial charge in [0, 0.05) is 22.8 Å². The van der Waals surface area contributed by atoms with Crippen LogP contribution in [0.4, 0.5) is 4.39 Å². The second-order valence-corrected chi connectivity index (χ2v) is 6.31. The summed E-state index contributed by atoms with van der Waals surface area (Å²) < 4.78 is 20.3. The maximum Gasteiger partial charge on any atom is 0.317 e. The highest BCUT2D eigenvalue weighted by Crippen LogP contribution is 2.24. The van der Waals surface area contributed by atoms with Crippen molar-refractivity contribution in [1.82, 2.24) is 9.38 Å². The van der Waals surface area contributed by atoms with Gasteiger partial charge >= 0.3 is 5.97 Å². The van der Waals surface area contributed by atoms with E-state index in [2.05, 4.69) is 4.98 Å². The minimum absolute atomic E-state index is 0.147. The molecular formula is C19H13FN2O2S. The number of thiazole rings is 1. The monoisotopic (exact) mass is 352 g/mol. The lowest BCUT2D eigenvalue weighted by atomic mass is 10.2. The lowest BCUT2D eigenvalue weighted by Crippen LogP contribution is -2.12. The molecule has 2 heterocycles. The Bertz CT molecular complexity index is 1020. The van der Waals surface area contributed by atoms with Gasteiger partial charge in [-0.05, 0) is 36.4 Å². The summed E-state index contributed by atoms with van der Waals surface area (Å²) in [6.07, 6.45) is 2.00. The number of ether oxygens (including phenoxy) is 1. The molecule has 25 heavy (non-hydrogen) atoms. The van der Waals surface area contributed by atoms with Crippen LogP contribution in [0.25, 0.3) is 16.2 Å². The number of esters is 1. The van der Waals surface area contributed by atoms with Gasteiger partial charge in [-0.3, -0.25) is 9.20 Å². The van der Waals surface area contributed by atoms with Crippen LogP contribution in [0.15, 0.2) is 66.2 Å². The molecule has 4 aromatic rings. The lowest BCUT2D eigenvalue weighted by molar-refractivity contribution is -0.133. The molecule has 0 bridgehead atoms. The Kier molecular flexibility index (Phi) is 4.03. The molecule has 0 spiro atoms. The largest absolute Gasteiger partial charge is 0.426 e. The Labute approximate surface area is 147 Å². The quantitative estimate of drug-likeness (QED) is 0.405. The van der Waals surface area contributed by atoms with Gasteiger partial charge in [0.1, 0.15) is 11.6 Å². The van der Waals surface area contributed by atoms with Crippen molar-refractivity contribution in [2.24, 2.45) is 0 Å². The first-order chi connectivity index (χ1) is 12.2. The van der Waals surface area contributed by atoms with Crippen LogP contribution in [0, 0.1) is 5.82 Å². The van der Waals surface area contributed by atoms with Gasteiger partial charge in [0.2, 0.25) is 0 Å². The van der Waals surface area contributed by atoms with Gasteiger partial charge in [0.25, 0.3) is 0 Å². The smallest absolute Gasteiger partial charge is 0.317 e. The van der Waals surface area contributed by atoms with Gasteiger partial charge in [-0.1, -0.05) is 18.2 Å². The first kappa shape index (κ1) is 15.5. The zero-order valence-corrected chi connectivity index (χ0v) is 13.9. The number of aromatic nitrogens is 2. The average molecular weight is 352 g/mol. The highest BCUT2D eigenvalue weighted by atomic mass is 32.1. The molecule has 0 N–H and O–H groups in total. The van der Waals surface area contributed by atoms with Crippen molar-refractivity contribution in [2.75, 3.05) is 0 Å². The molecule has 2 aromatic carbocycles. The molecule has 0 amide bonds. The van der Waals surface area contributed by atoms with Gasteiger partial charge in [-0.2, -0.15) is 0 Å². The number of carbonyl (C=O) groups excluding carboxylic acids is 1. The van der Waals surface area contributed by atoms with Crippen LogP contribution >= 0.6 is 11.3 Å². The van der Waals surface area contributed by atoms with Crippen LogP contribution in [-0.2, 0) is 11.2 Å². The number of halogens is 1. The summed E-state index contributed by atoms with van der Waals surface area (Å²) in [5.74, 6) is -0.0892. The zero-order valence-electron chi connectivity index (χ0n) is 13.1. The average Bonchev–Trinajstić information content (AvgIpc) is 3.18. The molecular weight excluding hydrogens is 339 g/mol. The summed E-state index contributed by atoms with van der Waals surface area (Å²) >= 11 is 1.45. The van der Waals surface area contributed by atoms with E-state index in [1.807, 2.05) is 34.2 Å². The Hall–Kier alpha value is -2.99. The molecule has 0 unspecified atom stereocenters. The number of benzene rings is 2. The van der Waals surface area contributed by atoms with Crippen molar-refractivity contribution in [1.29, 1.82) is 0 Å². The second-order valence-electron chi connectivity index (χ2n) is 5.48. The van der Waals surface area contributed by atoms with E-state index in [1.54, 1.807) is 24.3 Å². The Balaban J connectivity index is 1.56. The molecule has 0 aliphatic rings. The second kappa shape index (κ2) is 6.49. The molecule has 4 rings (SSSR count). The molecule has 0 saturated carbocycles. The van der Waals surface area contributed by atoms with E-state index in [1.165, 1.54) is 23.5 Å². The van der Waals surface area contributed by atoms with E-state index in [0.29, 0.717) is 5.75 Å². The summed E-state index contributed by atoms with van der Waals surface area (Å²) in [4.78, 5) is 17.5. The van der Waals surface area contributed by atoms with Gasteiger partial charge < -0.3 is 4.74 Å². The van der Waals surface area contributed by atoms with Crippen molar-refractivity contribution in [3.63, 3.8) is 0 Å². The van der Waals surface area contributed by atoms with Crippen molar-refractivity contribution in [3.8, 4) is 17.0 Å². The SMILES string of the molecule is O=C(Cc1csc2nc(-c3ccc(F)cc3)cn12)Oc1ccccc1. The van der Waals surface area contributed by atoms with Gasteiger partial charge in [0.05, 0.1) is 12.1 Å². The summed E-state index contributed by atoms with van der Waals surface area (Å²) in [5, 5.41) is 1.89. The summed E-state index contributed by atoms with van der Waals surface area (Å²) in [7, 11) is 0. The predicted molar refractivity (Wildman–Crippen MR) is 94.2 cm³/mol. The highest BCUT2D eigenvalue weighted by Gasteiger charge is 2.14. The first-order valence-corrected chi connectivity index (χ1v) is 8.54. The Morgan fingerprint density at radius 1 is 1.12 bits per heavy atom. The number of hydrogen-bond donors (Lipinski definition) is 0. The number of rotatable bonds is 4. The van der Waals surface area contributed by atoms with Crippen molar-refractivity contribution >= 4 is 22.3 Å². The van der Waals surface area contributed by atoms with E-state index in [4.69, 9.17) is 4.74 Å². The van der Waals surface area contributed by atoms with Gasteiger partial charge in [-0.15, -0.1) is 11.3 Å². The fraction of sp³-hybridized carbons (Fsp3) is 0.0526. The van der Waals surface area contributed by atoms with Gasteiger partial charge in [-0.25, -0.2) is 9.37 Å². The predicted octanol–water partition coefficient (Wildman–Crippen LogP) is 4.35. The van der Waals surface area contributed by atoms with Crippen LogP contribution in [0.1, 0.15) is 5.69 Å². The molecule has 2 aromatic heterocycles. The molecule has 4 nitrogen and oxygen atoms in total. The number of para-hydroxylation sites is 1. The van der Waals surface area contributed by atoms with Crippen LogP contribution < -0.4 is 4.74 Å². The first-order valence-electron chi connectivity index (χ1n) is 7.66. The number of carbonyl (C=O) groups is 1. The van der Waals surface area contributed by atoms with Crippen LogP contribution in [0.3, 0.4) is 0 Å². The number of imidazole rings is 1. The maximum atomic E-state index is 13.1.